The van der Waals surface area contributed by atoms with E-state index in [4.69, 9.17) is 9.26 Å². The highest BCUT2D eigenvalue weighted by Gasteiger charge is 2.35. The van der Waals surface area contributed by atoms with Crippen LogP contribution < -0.4 is 4.90 Å². The Balaban J connectivity index is 1.58. The van der Waals surface area contributed by atoms with Crippen molar-refractivity contribution in [1.82, 2.24) is 19.7 Å². The lowest BCUT2D eigenvalue weighted by atomic mass is 10.1. The first kappa shape index (κ1) is 16.7. The maximum absolute atomic E-state index is 12.7. The highest BCUT2D eigenvalue weighted by Crippen LogP contribution is 2.40. The van der Waals surface area contributed by atoms with E-state index in [1.807, 2.05) is 22.8 Å². The molecule has 3 aromatic rings. The van der Waals surface area contributed by atoms with Crippen molar-refractivity contribution in [3.05, 3.63) is 42.2 Å². The third-order valence-corrected chi connectivity index (χ3v) is 4.88. The Morgan fingerprint density at radius 2 is 2.04 bits per heavy atom. The van der Waals surface area contributed by atoms with E-state index < -0.39 is 11.9 Å². The van der Waals surface area contributed by atoms with Crippen molar-refractivity contribution in [3.8, 4) is 17.2 Å². The molecule has 0 N–H and O–H groups in total. The third kappa shape index (κ3) is 2.58. The van der Waals surface area contributed by atoms with Crippen LogP contribution in [-0.4, -0.2) is 38.2 Å². The number of carbonyl (C=O) groups excluding carboxylic acids is 2. The molecule has 28 heavy (non-hydrogen) atoms. The topological polar surface area (TPSA) is 103 Å². The zero-order chi connectivity index (χ0) is 19.3. The molecule has 1 saturated carbocycles. The van der Waals surface area contributed by atoms with Gasteiger partial charge in [0.25, 0.3) is 0 Å². The van der Waals surface area contributed by atoms with Gasteiger partial charge < -0.3 is 9.26 Å². The Bertz CT molecular complexity index is 1080. The summed E-state index contributed by atoms with van der Waals surface area (Å²) in [5.74, 6) is -0.268. The zero-order valence-electron chi connectivity index (χ0n) is 15.2. The van der Waals surface area contributed by atoms with Gasteiger partial charge in [0.2, 0.25) is 11.7 Å². The van der Waals surface area contributed by atoms with Crippen LogP contribution in [0.15, 0.2) is 35.1 Å². The number of hydrogen-bond donors (Lipinski definition) is 0. The number of hydrogen-bond acceptors (Lipinski definition) is 7. The normalized spacial score (nSPS) is 15.1. The van der Waals surface area contributed by atoms with Crippen molar-refractivity contribution in [2.75, 3.05) is 11.5 Å². The Labute approximate surface area is 159 Å². The summed E-state index contributed by atoms with van der Waals surface area (Å²) < 4.78 is 12.1. The minimum absolute atomic E-state index is 0.135. The van der Waals surface area contributed by atoms with Crippen molar-refractivity contribution in [2.45, 2.75) is 32.2 Å². The molecule has 9 nitrogen and oxygen atoms in total. The monoisotopic (exact) mass is 379 g/mol. The molecule has 0 radical (unpaired) electrons. The molecule has 2 aromatic heterocycles. The molecule has 3 heterocycles. The van der Waals surface area contributed by atoms with Gasteiger partial charge in [0.15, 0.2) is 0 Å². The van der Waals surface area contributed by atoms with E-state index in [1.54, 1.807) is 19.3 Å². The molecule has 1 aliphatic carbocycles. The largest absolute Gasteiger partial charge is 0.459 e. The maximum Gasteiger partial charge on any atom is 0.397 e. The lowest BCUT2D eigenvalue weighted by Gasteiger charge is -2.29. The number of amides is 1. The Hall–Kier alpha value is -3.49. The average Bonchev–Trinajstić information content (AvgIpc) is 3.29. The molecular formula is C19H17N5O4. The smallest absolute Gasteiger partial charge is 0.397 e. The number of aromatic nitrogens is 4. The second kappa shape index (κ2) is 6.29. The van der Waals surface area contributed by atoms with Crippen LogP contribution in [0.5, 0.6) is 0 Å². The van der Waals surface area contributed by atoms with E-state index in [1.165, 1.54) is 4.90 Å². The highest BCUT2D eigenvalue weighted by molar-refractivity contribution is 6.38. The molecule has 9 heteroatoms. The van der Waals surface area contributed by atoms with Gasteiger partial charge in [-0.3, -0.25) is 14.3 Å². The summed E-state index contributed by atoms with van der Waals surface area (Å²) in [6.07, 6.45) is 3.78. The van der Waals surface area contributed by atoms with E-state index in [9.17, 15) is 9.59 Å². The first-order valence-electron chi connectivity index (χ1n) is 9.15. The fourth-order valence-electron chi connectivity index (χ4n) is 3.36. The predicted octanol–water partition coefficient (Wildman–Crippen LogP) is 2.21. The van der Waals surface area contributed by atoms with Crippen LogP contribution in [0.25, 0.3) is 17.2 Å². The number of ether oxygens (including phenoxy) is 1. The minimum Gasteiger partial charge on any atom is -0.459 e. The first-order valence-corrected chi connectivity index (χ1v) is 9.15. The van der Waals surface area contributed by atoms with Gasteiger partial charge in [-0.15, -0.1) is 0 Å². The van der Waals surface area contributed by atoms with E-state index in [2.05, 4.69) is 15.1 Å². The van der Waals surface area contributed by atoms with Crippen LogP contribution in [-0.2, 0) is 20.9 Å². The molecule has 0 bridgehead atoms. The van der Waals surface area contributed by atoms with Crippen molar-refractivity contribution in [3.63, 3.8) is 0 Å². The van der Waals surface area contributed by atoms with Crippen LogP contribution in [0.4, 0.5) is 5.69 Å². The van der Waals surface area contributed by atoms with Gasteiger partial charge in [0, 0.05) is 5.92 Å². The molecule has 1 aliphatic heterocycles. The standard InChI is InChI=1S/C19H17N5O4/c1-2-27-19(26)18(25)23-9-14-15(16-21-17(28-22-16)11-7-8-11)20-10-24(14)13-6-4-3-5-12(13)23/h3-6,10-11H,2,7-9H2,1H3. The summed E-state index contributed by atoms with van der Waals surface area (Å²) in [6.45, 7) is 1.95. The molecule has 5 rings (SSSR count). The van der Waals surface area contributed by atoms with Gasteiger partial charge in [-0.25, -0.2) is 9.78 Å². The molecule has 142 valence electrons. The number of imidazole rings is 1. The second-order valence-corrected chi connectivity index (χ2v) is 6.74. The SMILES string of the molecule is CCOC(=O)C(=O)N1Cc2c(-c3noc(C4CC4)n3)ncn2-c2ccccc21. The number of para-hydroxylation sites is 2. The van der Waals surface area contributed by atoms with Crippen LogP contribution >= 0.6 is 0 Å². The number of carbonyl (C=O) groups is 2. The van der Waals surface area contributed by atoms with Crippen LogP contribution in [0.1, 0.15) is 37.3 Å². The summed E-state index contributed by atoms with van der Waals surface area (Å²) in [5, 5.41) is 4.06. The van der Waals surface area contributed by atoms with Crippen molar-refractivity contribution in [2.24, 2.45) is 0 Å². The summed E-state index contributed by atoms with van der Waals surface area (Å²) >= 11 is 0. The van der Waals surface area contributed by atoms with Gasteiger partial charge in [-0.2, -0.15) is 4.98 Å². The number of anilines is 1. The number of nitrogens with zero attached hydrogens (tertiary/aromatic N) is 5. The van der Waals surface area contributed by atoms with Crippen molar-refractivity contribution >= 4 is 17.6 Å². The summed E-state index contributed by atoms with van der Waals surface area (Å²) in [6, 6.07) is 7.32. The van der Waals surface area contributed by atoms with Gasteiger partial charge in [0.05, 0.1) is 30.2 Å². The molecule has 0 saturated heterocycles. The van der Waals surface area contributed by atoms with Gasteiger partial charge in [-0.05, 0) is 31.9 Å². The summed E-state index contributed by atoms with van der Waals surface area (Å²) in [5.41, 5.74) is 2.60. The van der Waals surface area contributed by atoms with Crippen LogP contribution in [0.2, 0.25) is 0 Å². The number of fused-ring (bicyclic) bond motifs is 3. The van der Waals surface area contributed by atoms with E-state index in [-0.39, 0.29) is 13.2 Å². The fourth-order valence-corrected chi connectivity index (χ4v) is 3.36. The average molecular weight is 379 g/mol. The number of esters is 1. The molecule has 0 unspecified atom stereocenters. The maximum atomic E-state index is 12.7. The summed E-state index contributed by atoms with van der Waals surface area (Å²) in [4.78, 5) is 35.1. The Morgan fingerprint density at radius 1 is 1.25 bits per heavy atom. The Morgan fingerprint density at radius 3 is 2.79 bits per heavy atom. The predicted molar refractivity (Wildman–Crippen MR) is 96.7 cm³/mol. The van der Waals surface area contributed by atoms with E-state index in [0.717, 1.165) is 18.5 Å². The lowest BCUT2D eigenvalue weighted by Crippen LogP contribution is -2.40. The molecule has 1 fully saturated rings. The van der Waals surface area contributed by atoms with Crippen LogP contribution in [0, 0.1) is 0 Å². The summed E-state index contributed by atoms with van der Waals surface area (Å²) in [7, 11) is 0. The molecule has 2 aliphatic rings. The zero-order valence-corrected chi connectivity index (χ0v) is 15.2. The lowest BCUT2D eigenvalue weighted by molar-refractivity contribution is -0.153. The highest BCUT2D eigenvalue weighted by atomic mass is 16.5. The molecular weight excluding hydrogens is 362 g/mol. The van der Waals surface area contributed by atoms with E-state index >= 15 is 0 Å². The molecule has 0 atom stereocenters. The minimum atomic E-state index is -0.887. The Kier molecular flexibility index (Phi) is 3.75. The van der Waals surface area contributed by atoms with Crippen molar-refractivity contribution in [1.29, 1.82) is 0 Å². The van der Waals surface area contributed by atoms with E-state index in [0.29, 0.717) is 34.7 Å². The van der Waals surface area contributed by atoms with Gasteiger partial charge in [0.1, 0.15) is 12.0 Å². The molecule has 1 aromatic carbocycles. The second-order valence-electron chi connectivity index (χ2n) is 6.74. The number of rotatable bonds is 3. The van der Waals surface area contributed by atoms with Gasteiger partial charge >= 0.3 is 11.9 Å². The van der Waals surface area contributed by atoms with Gasteiger partial charge in [-0.1, -0.05) is 17.3 Å². The quantitative estimate of drug-likeness (QED) is 0.508. The third-order valence-electron chi connectivity index (χ3n) is 4.88. The molecule has 1 amide bonds. The number of benzene rings is 1. The fraction of sp³-hybridized carbons (Fsp3) is 0.316. The molecule has 0 spiro atoms. The van der Waals surface area contributed by atoms with Crippen LogP contribution in [0.3, 0.4) is 0 Å². The first-order chi connectivity index (χ1) is 13.7. The van der Waals surface area contributed by atoms with Crippen molar-refractivity contribution < 1.29 is 18.8 Å².